The van der Waals surface area contributed by atoms with Crippen LogP contribution in [0.2, 0.25) is 0 Å². The van der Waals surface area contributed by atoms with Gasteiger partial charge in [0, 0.05) is 13.1 Å². The van der Waals surface area contributed by atoms with Gasteiger partial charge in [0.05, 0.1) is 0 Å². The van der Waals surface area contributed by atoms with Crippen LogP contribution < -0.4 is 5.73 Å². The summed E-state index contributed by atoms with van der Waals surface area (Å²) in [6.07, 6.45) is 1.25. The molecule has 0 spiro atoms. The highest BCUT2D eigenvalue weighted by atomic mass is 15.1. The number of nitrogens with zero attached hydrogens (tertiary/aromatic N) is 1. The Labute approximate surface area is 57.0 Å². The lowest BCUT2D eigenvalue weighted by molar-refractivity contribution is 0.343. The van der Waals surface area contributed by atoms with Gasteiger partial charge < -0.3 is 4.90 Å². The zero-order chi connectivity index (χ0) is 6.69. The summed E-state index contributed by atoms with van der Waals surface area (Å²) in [7, 11) is 0. The van der Waals surface area contributed by atoms with Crippen molar-refractivity contribution in [3.63, 3.8) is 0 Å². The van der Waals surface area contributed by atoms with Crippen molar-refractivity contribution < 1.29 is 0 Å². The van der Waals surface area contributed by atoms with Crippen LogP contribution in [-0.4, -0.2) is 31.1 Å². The van der Waals surface area contributed by atoms with Crippen molar-refractivity contribution in [2.24, 2.45) is 5.92 Å². The SMILES string of the molecule is CCN1CCC(C[NH])C1. The minimum Gasteiger partial charge on any atom is -0.303 e. The first-order chi connectivity index (χ1) is 4.36. The minimum atomic E-state index is 0.622. The van der Waals surface area contributed by atoms with E-state index >= 15 is 0 Å². The van der Waals surface area contributed by atoms with Gasteiger partial charge in [-0.15, -0.1) is 0 Å². The van der Waals surface area contributed by atoms with Crippen LogP contribution in [0.1, 0.15) is 13.3 Å². The van der Waals surface area contributed by atoms with Crippen molar-refractivity contribution >= 4 is 0 Å². The van der Waals surface area contributed by atoms with E-state index in [1.54, 1.807) is 0 Å². The van der Waals surface area contributed by atoms with Crippen molar-refractivity contribution in [3.8, 4) is 0 Å². The Hall–Kier alpha value is -0.0800. The van der Waals surface area contributed by atoms with Crippen LogP contribution in [0.15, 0.2) is 0 Å². The van der Waals surface area contributed by atoms with Crippen molar-refractivity contribution in [2.45, 2.75) is 13.3 Å². The molecule has 0 bridgehead atoms. The molecule has 0 amide bonds. The number of likely N-dealkylation sites (tertiary alicyclic amines) is 1. The summed E-state index contributed by atoms with van der Waals surface area (Å²) in [5, 5.41) is 0. The summed E-state index contributed by atoms with van der Waals surface area (Å²) in [6.45, 7) is 6.36. The van der Waals surface area contributed by atoms with Crippen LogP contribution in [0.4, 0.5) is 0 Å². The predicted molar refractivity (Wildman–Crippen MR) is 38.2 cm³/mol. The van der Waals surface area contributed by atoms with Crippen LogP contribution in [0, 0.1) is 5.92 Å². The van der Waals surface area contributed by atoms with Gasteiger partial charge in [-0.25, -0.2) is 0 Å². The quantitative estimate of drug-likeness (QED) is 0.534. The van der Waals surface area contributed by atoms with Crippen LogP contribution in [0.3, 0.4) is 0 Å². The molecule has 1 aliphatic rings. The molecule has 1 rings (SSSR count). The molecule has 0 aromatic rings. The predicted octanol–water partition coefficient (Wildman–Crippen LogP) is 0.611. The third-order valence-corrected chi connectivity index (χ3v) is 2.11. The van der Waals surface area contributed by atoms with Crippen molar-refractivity contribution in [2.75, 3.05) is 26.2 Å². The zero-order valence-corrected chi connectivity index (χ0v) is 6.06. The normalized spacial score (nSPS) is 29.3. The van der Waals surface area contributed by atoms with E-state index < -0.39 is 0 Å². The standard InChI is InChI=1S/C7H15N2/c1-2-9-4-3-7(5-8)6-9/h7-8H,2-6H2,1H3. The average Bonchev–Trinajstić information content (AvgIpc) is 2.34. The van der Waals surface area contributed by atoms with Gasteiger partial charge >= 0.3 is 0 Å². The Morgan fingerprint density at radius 1 is 1.67 bits per heavy atom. The lowest BCUT2D eigenvalue weighted by Crippen LogP contribution is -2.20. The van der Waals surface area contributed by atoms with E-state index in [0.29, 0.717) is 12.5 Å². The molecule has 1 aliphatic heterocycles. The molecular weight excluding hydrogens is 112 g/mol. The molecule has 1 saturated heterocycles. The van der Waals surface area contributed by atoms with E-state index in [2.05, 4.69) is 11.8 Å². The lowest BCUT2D eigenvalue weighted by atomic mass is 10.1. The van der Waals surface area contributed by atoms with Gasteiger partial charge in [-0.05, 0) is 25.4 Å². The summed E-state index contributed by atoms with van der Waals surface area (Å²) < 4.78 is 0. The van der Waals surface area contributed by atoms with E-state index in [0.717, 1.165) is 6.54 Å². The summed E-state index contributed by atoms with van der Waals surface area (Å²) in [5.41, 5.74) is 7.14. The van der Waals surface area contributed by atoms with Crippen LogP contribution in [0.25, 0.3) is 0 Å². The first kappa shape index (κ1) is 7.03. The number of rotatable bonds is 2. The van der Waals surface area contributed by atoms with Crippen LogP contribution in [0.5, 0.6) is 0 Å². The van der Waals surface area contributed by atoms with Gasteiger partial charge in [0.15, 0.2) is 0 Å². The van der Waals surface area contributed by atoms with Crippen molar-refractivity contribution in [1.82, 2.24) is 10.6 Å². The molecule has 2 nitrogen and oxygen atoms in total. The Bertz CT molecular complexity index is 73.0. The van der Waals surface area contributed by atoms with Gasteiger partial charge in [0.25, 0.3) is 0 Å². The fraction of sp³-hybridized carbons (Fsp3) is 1.00. The van der Waals surface area contributed by atoms with E-state index in [4.69, 9.17) is 5.73 Å². The molecule has 53 valence electrons. The second-order valence-electron chi connectivity index (χ2n) is 2.75. The zero-order valence-electron chi connectivity index (χ0n) is 6.06. The number of hydrogen-bond acceptors (Lipinski definition) is 1. The molecule has 1 atom stereocenters. The summed E-state index contributed by atoms with van der Waals surface area (Å²) in [5.74, 6) is 0.671. The fourth-order valence-corrected chi connectivity index (χ4v) is 1.37. The number of hydrogen-bond donors (Lipinski definition) is 0. The van der Waals surface area contributed by atoms with Crippen molar-refractivity contribution in [1.29, 1.82) is 0 Å². The first-order valence-electron chi connectivity index (χ1n) is 3.73. The second-order valence-corrected chi connectivity index (χ2v) is 2.75. The van der Waals surface area contributed by atoms with Gasteiger partial charge in [-0.2, -0.15) is 0 Å². The van der Waals surface area contributed by atoms with Gasteiger partial charge in [0.2, 0.25) is 0 Å². The molecule has 1 N–H and O–H groups in total. The topological polar surface area (TPSA) is 27.0 Å². The van der Waals surface area contributed by atoms with E-state index in [-0.39, 0.29) is 0 Å². The molecule has 0 aliphatic carbocycles. The molecule has 9 heavy (non-hydrogen) atoms. The Kier molecular flexibility index (Phi) is 2.49. The Balaban J connectivity index is 2.20. The molecule has 1 radical (unpaired) electrons. The molecule has 0 aromatic carbocycles. The summed E-state index contributed by atoms with van der Waals surface area (Å²) >= 11 is 0. The molecule has 0 saturated carbocycles. The van der Waals surface area contributed by atoms with E-state index in [9.17, 15) is 0 Å². The summed E-state index contributed by atoms with van der Waals surface area (Å²) in [4.78, 5) is 2.42. The average molecular weight is 127 g/mol. The molecule has 1 fully saturated rings. The number of nitrogens with one attached hydrogen (secondary N) is 1. The maximum Gasteiger partial charge on any atom is 0.0141 e. The van der Waals surface area contributed by atoms with Crippen molar-refractivity contribution in [3.05, 3.63) is 0 Å². The Morgan fingerprint density at radius 3 is 2.78 bits per heavy atom. The van der Waals surface area contributed by atoms with Gasteiger partial charge in [-0.3, -0.25) is 5.73 Å². The van der Waals surface area contributed by atoms with E-state index in [1.165, 1.54) is 19.5 Å². The summed E-state index contributed by atoms with van der Waals surface area (Å²) in [6, 6.07) is 0. The highest BCUT2D eigenvalue weighted by Crippen LogP contribution is 2.13. The smallest absolute Gasteiger partial charge is 0.0141 e. The van der Waals surface area contributed by atoms with Gasteiger partial charge in [-0.1, -0.05) is 6.92 Å². The first-order valence-corrected chi connectivity index (χ1v) is 3.73. The maximum absolute atomic E-state index is 7.14. The highest BCUT2D eigenvalue weighted by Gasteiger charge is 2.18. The maximum atomic E-state index is 7.14. The largest absolute Gasteiger partial charge is 0.303 e. The molecular formula is C7H15N2. The minimum absolute atomic E-state index is 0.622. The molecule has 1 heterocycles. The highest BCUT2D eigenvalue weighted by molar-refractivity contribution is 4.74. The third kappa shape index (κ3) is 1.66. The molecule has 2 heteroatoms. The van der Waals surface area contributed by atoms with Gasteiger partial charge in [0.1, 0.15) is 0 Å². The fourth-order valence-electron chi connectivity index (χ4n) is 1.37. The van der Waals surface area contributed by atoms with Crippen LogP contribution >= 0.6 is 0 Å². The molecule has 1 unspecified atom stereocenters. The second kappa shape index (κ2) is 3.18. The Morgan fingerprint density at radius 2 is 2.44 bits per heavy atom. The molecule has 0 aromatic heterocycles. The monoisotopic (exact) mass is 127 g/mol. The third-order valence-electron chi connectivity index (χ3n) is 2.11. The van der Waals surface area contributed by atoms with E-state index in [1.807, 2.05) is 0 Å². The van der Waals surface area contributed by atoms with Crippen LogP contribution in [-0.2, 0) is 0 Å². The lowest BCUT2D eigenvalue weighted by Gasteiger charge is -2.10.